The highest BCUT2D eigenvalue weighted by atomic mass is 19.1. The molecule has 14 heavy (non-hydrogen) atoms. The van der Waals surface area contributed by atoms with E-state index in [0.717, 1.165) is 5.56 Å². The largest absolute Gasteiger partial charge is 0.477 e. The summed E-state index contributed by atoms with van der Waals surface area (Å²) in [5, 5.41) is 9.01. The van der Waals surface area contributed by atoms with Gasteiger partial charge in [-0.1, -0.05) is 0 Å². The molecule has 2 N–H and O–H groups in total. The molecule has 72 valence electrons. The Morgan fingerprint density at radius 1 is 1.43 bits per heavy atom. The molecule has 1 aromatic carbocycles. The predicted octanol–water partition coefficient (Wildman–Crippen LogP) is 2.31. The number of nitrogens with one attached hydrogen (secondary N) is 1. The number of benzene rings is 1. The average molecular weight is 193 g/mol. The summed E-state index contributed by atoms with van der Waals surface area (Å²) in [5.74, 6) is -1.48. The van der Waals surface area contributed by atoms with Crippen LogP contribution < -0.4 is 0 Å². The molecule has 0 saturated heterocycles. The molecule has 0 aliphatic rings. The van der Waals surface area contributed by atoms with E-state index >= 15 is 0 Å². The molecule has 2 rings (SSSR count). The van der Waals surface area contributed by atoms with Gasteiger partial charge in [-0.25, -0.2) is 9.18 Å². The Hall–Kier alpha value is -1.84. The van der Waals surface area contributed by atoms with Crippen LogP contribution in [-0.4, -0.2) is 16.1 Å². The Bertz CT molecular complexity index is 516. The average Bonchev–Trinajstić information content (AvgIpc) is 2.47. The standard InChI is InChI=1S/C10H8FNO2/c1-5-2-7(11)6-4-9(10(13)14)12-8(6)3-5/h2-4,12H,1H3,(H,13,14). The van der Waals surface area contributed by atoms with Crippen LogP contribution in [-0.2, 0) is 0 Å². The number of H-pyrrole nitrogens is 1. The van der Waals surface area contributed by atoms with E-state index in [-0.39, 0.29) is 5.69 Å². The highest BCUT2D eigenvalue weighted by Crippen LogP contribution is 2.20. The van der Waals surface area contributed by atoms with E-state index in [1.807, 2.05) is 0 Å². The number of aromatic nitrogens is 1. The van der Waals surface area contributed by atoms with Crippen molar-refractivity contribution in [2.75, 3.05) is 0 Å². The fourth-order valence-electron chi connectivity index (χ4n) is 1.44. The van der Waals surface area contributed by atoms with Gasteiger partial charge in [0.05, 0.1) is 0 Å². The summed E-state index contributed by atoms with van der Waals surface area (Å²) >= 11 is 0. The summed E-state index contributed by atoms with van der Waals surface area (Å²) in [6.07, 6.45) is 0. The third-order valence-electron chi connectivity index (χ3n) is 2.06. The van der Waals surface area contributed by atoms with Gasteiger partial charge in [-0.3, -0.25) is 0 Å². The molecule has 1 aromatic heterocycles. The second-order valence-electron chi connectivity index (χ2n) is 3.20. The van der Waals surface area contributed by atoms with E-state index in [0.29, 0.717) is 10.9 Å². The van der Waals surface area contributed by atoms with Crippen molar-refractivity contribution in [3.63, 3.8) is 0 Å². The van der Waals surface area contributed by atoms with Gasteiger partial charge < -0.3 is 10.1 Å². The fourth-order valence-corrected chi connectivity index (χ4v) is 1.44. The predicted molar refractivity (Wildman–Crippen MR) is 50.0 cm³/mol. The van der Waals surface area contributed by atoms with Gasteiger partial charge in [-0.05, 0) is 30.7 Å². The van der Waals surface area contributed by atoms with Crippen LogP contribution in [0, 0.1) is 12.7 Å². The van der Waals surface area contributed by atoms with E-state index in [1.165, 1.54) is 12.1 Å². The molecule has 0 fully saturated rings. The topological polar surface area (TPSA) is 53.1 Å². The van der Waals surface area contributed by atoms with Crippen LogP contribution in [0.25, 0.3) is 10.9 Å². The maximum Gasteiger partial charge on any atom is 0.352 e. The molecular formula is C10H8FNO2. The zero-order valence-electron chi connectivity index (χ0n) is 7.47. The molecule has 0 aliphatic carbocycles. The highest BCUT2D eigenvalue weighted by Gasteiger charge is 2.10. The van der Waals surface area contributed by atoms with E-state index in [9.17, 15) is 9.18 Å². The molecule has 1 heterocycles. The van der Waals surface area contributed by atoms with Crippen LogP contribution >= 0.6 is 0 Å². The van der Waals surface area contributed by atoms with Gasteiger partial charge in [0.25, 0.3) is 0 Å². The van der Waals surface area contributed by atoms with Crippen molar-refractivity contribution in [2.45, 2.75) is 6.92 Å². The Labute approximate surface area is 79.2 Å². The Morgan fingerprint density at radius 2 is 2.14 bits per heavy atom. The number of fused-ring (bicyclic) bond motifs is 1. The lowest BCUT2D eigenvalue weighted by atomic mass is 10.2. The smallest absolute Gasteiger partial charge is 0.352 e. The van der Waals surface area contributed by atoms with E-state index in [2.05, 4.69) is 4.98 Å². The van der Waals surface area contributed by atoms with Crippen molar-refractivity contribution in [1.82, 2.24) is 4.98 Å². The maximum absolute atomic E-state index is 13.3. The number of aromatic amines is 1. The summed E-state index contributed by atoms with van der Waals surface area (Å²) in [5.41, 5.74) is 1.28. The number of aromatic carboxylic acids is 1. The van der Waals surface area contributed by atoms with Crippen molar-refractivity contribution < 1.29 is 14.3 Å². The van der Waals surface area contributed by atoms with E-state index in [1.54, 1.807) is 13.0 Å². The molecule has 0 saturated carbocycles. The molecule has 0 aliphatic heterocycles. The second kappa shape index (κ2) is 2.83. The third kappa shape index (κ3) is 1.25. The molecule has 0 radical (unpaired) electrons. The number of hydrogen-bond donors (Lipinski definition) is 2. The molecule has 2 aromatic rings. The van der Waals surface area contributed by atoms with E-state index < -0.39 is 11.8 Å². The van der Waals surface area contributed by atoms with Crippen molar-refractivity contribution >= 4 is 16.9 Å². The van der Waals surface area contributed by atoms with Crippen LogP contribution in [0.2, 0.25) is 0 Å². The van der Waals surface area contributed by atoms with Gasteiger partial charge in [-0.2, -0.15) is 0 Å². The summed E-state index contributed by atoms with van der Waals surface area (Å²) in [7, 11) is 0. The first kappa shape index (κ1) is 8.74. The molecule has 0 atom stereocenters. The van der Waals surface area contributed by atoms with Gasteiger partial charge in [0.15, 0.2) is 0 Å². The lowest BCUT2D eigenvalue weighted by Gasteiger charge is -1.94. The number of rotatable bonds is 1. The number of carboxylic acids is 1. The Kier molecular flexibility index (Phi) is 1.77. The zero-order valence-corrected chi connectivity index (χ0v) is 7.47. The van der Waals surface area contributed by atoms with E-state index in [4.69, 9.17) is 5.11 Å². The minimum absolute atomic E-state index is 0.00417. The van der Waals surface area contributed by atoms with Crippen LogP contribution in [0.5, 0.6) is 0 Å². The summed E-state index contributed by atoms with van der Waals surface area (Å²) in [4.78, 5) is 13.3. The fraction of sp³-hybridized carbons (Fsp3) is 0.100. The normalized spacial score (nSPS) is 10.7. The first-order valence-corrected chi connectivity index (χ1v) is 4.10. The number of hydrogen-bond acceptors (Lipinski definition) is 1. The highest BCUT2D eigenvalue weighted by molar-refractivity contribution is 5.94. The van der Waals surface area contributed by atoms with Crippen LogP contribution in [0.3, 0.4) is 0 Å². The number of carboxylic acid groups (broad SMARTS) is 1. The lowest BCUT2D eigenvalue weighted by Crippen LogP contribution is -1.94. The molecule has 0 unspecified atom stereocenters. The monoisotopic (exact) mass is 193 g/mol. The molecule has 0 spiro atoms. The number of halogens is 1. The summed E-state index contributed by atoms with van der Waals surface area (Å²) in [6, 6.07) is 4.39. The van der Waals surface area contributed by atoms with Gasteiger partial charge in [0.1, 0.15) is 11.5 Å². The van der Waals surface area contributed by atoms with Crippen molar-refractivity contribution in [3.8, 4) is 0 Å². The minimum atomic E-state index is -1.08. The van der Waals surface area contributed by atoms with Crippen LogP contribution in [0.1, 0.15) is 16.1 Å². The first-order chi connectivity index (χ1) is 6.58. The van der Waals surface area contributed by atoms with Crippen LogP contribution in [0.4, 0.5) is 4.39 Å². The zero-order chi connectivity index (χ0) is 10.3. The maximum atomic E-state index is 13.3. The number of carbonyl (C=O) groups is 1. The lowest BCUT2D eigenvalue weighted by molar-refractivity contribution is 0.0691. The van der Waals surface area contributed by atoms with Gasteiger partial charge in [0, 0.05) is 10.9 Å². The van der Waals surface area contributed by atoms with Gasteiger partial charge in [-0.15, -0.1) is 0 Å². The second-order valence-corrected chi connectivity index (χ2v) is 3.20. The quantitative estimate of drug-likeness (QED) is 0.730. The minimum Gasteiger partial charge on any atom is -0.477 e. The first-order valence-electron chi connectivity index (χ1n) is 4.10. The van der Waals surface area contributed by atoms with Crippen molar-refractivity contribution in [1.29, 1.82) is 0 Å². The molecule has 0 amide bonds. The van der Waals surface area contributed by atoms with Crippen LogP contribution in [0.15, 0.2) is 18.2 Å². The SMILES string of the molecule is Cc1cc(F)c2cc(C(=O)O)[nH]c2c1. The Morgan fingerprint density at radius 3 is 2.79 bits per heavy atom. The number of aryl methyl sites for hydroxylation is 1. The third-order valence-corrected chi connectivity index (χ3v) is 2.06. The van der Waals surface area contributed by atoms with Crippen molar-refractivity contribution in [3.05, 3.63) is 35.3 Å². The van der Waals surface area contributed by atoms with Gasteiger partial charge >= 0.3 is 5.97 Å². The Balaban J connectivity index is 2.76. The summed E-state index contributed by atoms with van der Waals surface area (Å²) < 4.78 is 13.3. The molecule has 4 heteroatoms. The van der Waals surface area contributed by atoms with Crippen molar-refractivity contribution in [2.24, 2.45) is 0 Å². The summed E-state index contributed by atoms with van der Waals surface area (Å²) in [6.45, 7) is 1.75. The molecular weight excluding hydrogens is 185 g/mol. The molecule has 0 bridgehead atoms. The molecule has 3 nitrogen and oxygen atoms in total. The van der Waals surface area contributed by atoms with Gasteiger partial charge in [0.2, 0.25) is 0 Å².